The van der Waals surface area contributed by atoms with E-state index < -0.39 is 0 Å². The maximum absolute atomic E-state index is 12.3. The Balaban J connectivity index is 2.14. The van der Waals surface area contributed by atoms with Gasteiger partial charge in [-0.1, -0.05) is 41.9 Å². The number of quaternary nitrogens is 1. The van der Waals surface area contributed by atoms with Crippen molar-refractivity contribution in [3.8, 4) is 0 Å². The average Bonchev–Trinajstić information content (AvgIpc) is 2.85. The maximum Gasteiger partial charge on any atom is 0.262 e. The molecule has 1 aromatic carbocycles. The molecule has 1 aromatic heterocycles. The Hall–Kier alpha value is -1.36. The molecule has 1 amide bonds. The van der Waals surface area contributed by atoms with Gasteiger partial charge < -0.3 is 10.2 Å². The fourth-order valence-electron chi connectivity index (χ4n) is 2.01. The molecule has 0 saturated carbocycles. The Bertz CT molecular complexity index is 568. The molecule has 3 nitrogen and oxygen atoms in total. The molecule has 0 saturated heterocycles. The van der Waals surface area contributed by atoms with Gasteiger partial charge in [-0.05, 0) is 17.7 Å². The molecule has 0 fully saturated rings. The fourth-order valence-corrected chi connectivity index (χ4v) is 2.96. The number of benzene rings is 1. The van der Waals surface area contributed by atoms with E-state index in [9.17, 15) is 4.79 Å². The van der Waals surface area contributed by atoms with Gasteiger partial charge in [-0.3, -0.25) is 4.79 Å². The van der Waals surface area contributed by atoms with Crippen LogP contribution in [0.4, 0.5) is 0 Å². The first-order valence-electron chi connectivity index (χ1n) is 6.46. The number of likely N-dealkylation sites (N-methyl/N-ethyl adjacent to an activating group) is 1. The van der Waals surface area contributed by atoms with Crippen LogP contribution in [-0.2, 0) is 0 Å². The molecule has 0 aliphatic heterocycles. The van der Waals surface area contributed by atoms with Crippen molar-refractivity contribution in [3.63, 3.8) is 0 Å². The Labute approximate surface area is 128 Å². The zero-order valence-corrected chi connectivity index (χ0v) is 13.1. The second-order valence-electron chi connectivity index (χ2n) is 4.95. The third kappa shape index (κ3) is 4.07. The molecule has 1 atom stereocenters. The van der Waals surface area contributed by atoms with Gasteiger partial charge in [-0.25, -0.2) is 0 Å². The summed E-state index contributed by atoms with van der Waals surface area (Å²) < 4.78 is 0.629. The summed E-state index contributed by atoms with van der Waals surface area (Å²) in [5.74, 6) is -0.0722. The SMILES string of the molecule is C[NH+](C)C[C@H](NC(=O)c1ccc(Cl)s1)c1ccccc1. The van der Waals surface area contributed by atoms with Crippen molar-refractivity contribution < 1.29 is 9.69 Å². The van der Waals surface area contributed by atoms with Crippen LogP contribution in [0.5, 0.6) is 0 Å². The summed E-state index contributed by atoms with van der Waals surface area (Å²) >= 11 is 7.18. The van der Waals surface area contributed by atoms with E-state index in [1.54, 1.807) is 12.1 Å². The number of nitrogens with one attached hydrogen (secondary N) is 2. The normalized spacial score (nSPS) is 12.4. The number of thiophene rings is 1. The van der Waals surface area contributed by atoms with Gasteiger partial charge in [0.1, 0.15) is 12.6 Å². The average molecular weight is 310 g/mol. The summed E-state index contributed by atoms with van der Waals surface area (Å²) in [6.45, 7) is 0.828. The second-order valence-corrected chi connectivity index (χ2v) is 6.67. The van der Waals surface area contributed by atoms with E-state index >= 15 is 0 Å². The summed E-state index contributed by atoms with van der Waals surface area (Å²) in [6.07, 6.45) is 0. The Morgan fingerprint density at radius 1 is 1.25 bits per heavy atom. The van der Waals surface area contributed by atoms with Gasteiger partial charge in [0.05, 0.1) is 23.3 Å². The van der Waals surface area contributed by atoms with E-state index in [0.717, 1.165) is 12.1 Å². The number of halogens is 1. The van der Waals surface area contributed by atoms with Gasteiger partial charge in [0.15, 0.2) is 0 Å². The van der Waals surface area contributed by atoms with Crippen LogP contribution in [0.15, 0.2) is 42.5 Å². The van der Waals surface area contributed by atoms with E-state index in [-0.39, 0.29) is 11.9 Å². The first kappa shape index (κ1) is 15.0. The summed E-state index contributed by atoms with van der Waals surface area (Å²) in [5, 5.41) is 3.09. The molecule has 0 aliphatic rings. The van der Waals surface area contributed by atoms with E-state index in [0.29, 0.717) is 9.21 Å². The molecule has 0 aliphatic carbocycles. The van der Waals surface area contributed by atoms with Crippen LogP contribution in [0, 0.1) is 0 Å². The van der Waals surface area contributed by atoms with Crippen molar-refractivity contribution in [1.29, 1.82) is 0 Å². The molecule has 0 unspecified atom stereocenters. The van der Waals surface area contributed by atoms with Crippen LogP contribution >= 0.6 is 22.9 Å². The van der Waals surface area contributed by atoms with Crippen molar-refractivity contribution in [1.82, 2.24) is 5.32 Å². The molecule has 2 rings (SSSR count). The van der Waals surface area contributed by atoms with Gasteiger partial charge in [-0.2, -0.15) is 0 Å². The molecule has 2 aromatic rings. The zero-order valence-electron chi connectivity index (χ0n) is 11.5. The molecule has 2 N–H and O–H groups in total. The first-order valence-corrected chi connectivity index (χ1v) is 7.66. The Morgan fingerprint density at radius 2 is 1.95 bits per heavy atom. The Morgan fingerprint density at radius 3 is 2.50 bits per heavy atom. The highest BCUT2D eigenvalue weighted by atomic mass is 35.5. The van der Waals surface area contributed by atoms with E-state index in [2.05, 4.69) is 19.4 Å². The first-order chi connectivity index (χ1) is 9.56. The molecule has 20 heavy (non-hydrogen) atoms. The Kier molecular flexibility index (Phi) is 5.17. The van der Waals surface area contributed by atoms with Crippen LogP contribution < -0.4 is 10.2 Å². The number of carbonyl (C=O) groups is 1. The lowest BCUT2D eigenvalue weighted by Crippen LogP contribution is -3.06. The van der Waals surface area contributed by atoms with Crippen molar-refractivity contribution in [3.05, 3.63) is 57.2 Å². The van der Waals surface area contributed by atoms with E-state index in [4.69, 9.17) is 11.6 Å². The number of carbonyl (C=O) groups excluding carboxylic acids is 1. The lowest BCUT2D eigenvalue weighted by molar-refractivity contribution is -0.860. The predicted molar refractivity (Wildman–Crippen MR) is 83.7 cm³/mol. The lowest BCUT2D eigenvalue weighted by atomic mass is 10.1. The second kappa shape index (κ2) is 6.88. The quantitative estimate of drug-likeness (QED) is 0.870. The third-order valence-corrected chi connectivity index (χ3v) is 4.15. The molecular weight excluding hydrogens is 292 g/mol. The molecule has 0 bridgehead atoms. The van der Waals surface area contributed by atoms with Crippen LogP contribution in [0.1, 0.15) is 21.3 Å². The number of amides is 1. The predicted octanol–water partition coefficient (Wildman–Crippen LogP) is 2.02. The van der Waals surface area contributed by atoms with Crippen molar-refractivity contribution in [2.24, 2.45) is 0 Å². The standard InChI is InChI=1S/C15H17ClN2OS/c1-18(2)10-12(11-6-4-3-5-7-11)17-15(19)13-8-9-14(16)20-13/h3-9,12H,10H2,1-2H3,(H,17,19)/p+1/t12-/m0/s1. The van der Waals surface area contributed by atoms with Crippen LogP contribution in [-0.4, -0.2) is 26.5 Å². The van der Waals surface area contributed by atoms with E-state index in [1.807, 2.05) is 30.3 Å². The molecule has 0 spiro atoms. The highest BCUT2D eigenvalue weighted by Crippen LogP contribution is 2.22. The topological polar surface area (TPSA) is 33.5 Å². The van der Waals surface area contributed by atoms with Gasteiger partial charge in [-0.15, -0.1) is 11.3 Å². The minimum absolute atomic E-state index is 0.00502. The highest BCUT2D eigenvalue weighted by Gasteiger charge is 2.19. The van der Waals surface area contributed by atoms with Crippen LogP contribution in [0.2, 0.25) is 4.34 Å². The summed E-state index contributed by atoms with van der Waals surface area (Å²) in [6, 6.07) is 13.5. The summed E-state index contributed by atoms with van der Waals surface area (Å²) in [5.41, 5.74) is 1.12. The smallest absolute Gasteiger partial charge is 0.262 e. The lowest BCUT2D eigenvalue weighted by Gasteiger charge is -2.20. The molecular formula is C15H18ClN2OS+. The van der Waals surface area contributed by atoms with Crippen molar-refractivity contribution in [2.75, 3.05) is 20.6 Å². The maximum atomic E-state index is 12.3. The zero-order chi connectivity index (χ0) is 14.5. The highest BCUT2D eigenvalue weighted by molar-refractivity contribution is 7.17. The van der Waals surface area contributed by atoms with Crippen molar-refractivity contribution >= 4 is 28.8 Å². The number of hydrogen-bond donors (Lipinski definition) is 2. The monoisotopic (exact) mass is 309 g/mol. The van der Waals surface area contributed by atoms with E-state index in [1.165, 1.54) is 16.2 Å². The molecule has 5 heteroatoms. The van der Waals surface area contributed by atoms with Crippen molar-refractivity contribution in [2.45, 2.75) is 6.04 Å². The number of hydrogen-bond acceptors (Lipinski definition) is 2. The van der Waals surface area contributed by atoms with Gasteiger partial charge in [0.2, 0.25) is 0 Å². The van der Waals surface area contributed by atoms with Crippen LogP contribution in [0.3, 0.4) is 0 Å². The van der Waals surface area contributed by atoms with Gasteiger partial charge in [0, 0.05) is 0 Å². The fraction of sp³-hybridized carbons (Fsp3) is 0.267. The minimum atomic E-state index is -0.0722. The molecule has 106 valence electrons. The number of rotatable bonds is 5. The summed E-state index contributed by atoms with van der Waals surface area (Å²) in [7, 11) is 4.15. The summed E-state index contributed by atoms with van der Waals surface area (Å²) in [4.78, 5) is 14.2. The largest absolute Gasteiger partial charge is 0.339 e. The third-order valence-electron chi connectivity index (χ3n) is 2.92. The minimum Gasteiger partial charge on any atom is -0.339 e. The van der Waals surface area contributed by atoms with Gasteiger partial charge in [0.25, 0.3) is 5.91 Å². The molecule has 1 heterocycles. The molecule has 0 radical (unpaired) electrons. The van der Waals surface area contributed by atoms with Crippen LogP contribution in [0.25, 0.3) is 0 Å². The van der Waals surface area contributed by atoms with Gasteiger partial charge >= 0.3 is 0 Å².